The molecule has 0 amide bonds. The maximum atomic E-state index is 12.4. The van der Waals surface area contributed by atoms with Gasteiger partial charge in [-0.15, -0.1) is 23.5 Å². The fourth-order valence-electron chi connectivity index (χ4n) is 2.59. The molecular formula is C28H25FO4S2. The van der Waals surface area contributed by atoms with Crippen LogP contribution in [-0.2, 0) is 0 Å². The smallest absolute Gasteiger partial charge is 0.153 e. The Morgan fingerprint density at radius 3 is 1.66 bits per heavy atom. The van der Waals surface area contributed by atoms with E-state index in [1.54, 1.807) is 59.9 Å². The van der Waals surface area contributed by atoms with Crippen LogP contribution >= 0.6 is 23.5 Å². The lowest BCUT2D eigenvalue weighted by Gasteiger charge is -2.07. The van der Waals surface area contributed by atoms with Gasteiger partial charge in [-0.25, -0.2) is 4.39 Å². The van der Waals surface area contributed by atoms with Gasteiger partial charge in [0.05, 0.1) is 11.1 Å². The van der Waals surface area contributed by atoms with E-state index < -0.39 is 5.82 Å². The molecule has 4 nitrogen and oxygen atoms in total. The number of ether oxygens (including phenoxy) is 1. The number of halogens is 1. The van der Waals surface area contributed by atoms with Gasteiger partial charge >= 0.3 is 0 Å². The SMILES string of the molecule is CSc1ccc(O)cc1.CSc1ccc(Oc2ccccc2C=O)cc1.O=Cc1ccccc1F. The Hall–Kier alpha value is -3.55. The molecule has 0 fully saturated rings. The quantitative estimate of drug-likeness (QED) is 0.212. The lowest BCUT2D eigenvalue weighted by atomic mass is 10.2. The van der Waals surface area contributed by atoms with Gasteiger partial charge in [-0.2, -0.15) is 0 Å². The molecule has 7 heteroatoms. The van der Waals surface area contributed by atoms with Gasteiger partial charge in [0.2, 0.25) is 0 Å². The molecule has 180 valence electrons. The minimum atomic E-state index is -0.465. The molecule has 0 unspecified atom stereocenters. The highest BCUT2D eigenvalue weighted by molar-refractivity contribution is 7.98. The third-order valence-corrected chi connectivity index (χ3v) is 5.92. The number of aldehydes is 2. The number of phenolic OH excluding ortho intramolecular Hbond substituents is 1. The number of thioether (sulfide) groups is 2. The summed E-state index contributed by atoms with van der Waals surface area (Å²) in [6.45, 7) is 0. The van der Waals surface area contributed by atoms with Crippen LogP contribution in [-0.4, -0.2) is 30.2 Å². The first-order valence-electron chi connectivity index (χ1n) is 10.4. The second kappa shape index (κ2) is 15.4. The van der Waals surface area contributed by atoms with E-state index in [0.717, 1.165) is 12.0 Å². The molecule has 0 atom stereocenters. The molecule has 4 aromatic rings. The van der Waals surface area contributed by atoms with Crippen molar-refractivity contribution in [1.29, 1.82) is 0 Å². The van der Waals surface area contributed by atoms with Crippen LogP contribution in [0.2, 0.25) is 0 Å². The minimum absolute atomic E-state index is 0.109. The molecule has 0 saturated heterocycles. The number of para-hydroxylation sites is 1. The number of hydrogen-bond donors (Lipinski definition) is 1. The predicted octanol–water partition coefficient (Wildman–Crippen LogP) is 7.77. The molecule has 35 heavy (non-hydrogen) atoms. The zero-order chi connectivity index (χ0) is 25.5. The van der Waals surface area contributed by atoms with E-state index >= 15 is 0 Å². The maximum absolute atomic E-state index is 12.4. The van der Waals surface area contributed by atoms with Gasteiger partial charge in [-0.3, -0.25) is 9.59 Å². The minimum Gasteiger partial charge on any atom is -0.508 e. The second-order valence-corrected chi connectivity index (χ2v) is 8.53. The molecule has 4 aromatic carbocycles. The molecule has 0 aliphatic carbocycles. The van der Waals surface area contributed by atoms with Crippen molar-refractivity contribution in [3.63, 3.8) is 0 Å². The third-order valence-electron chi connectivity index (χ3n) is 4.44. The molecule has 4 rings (SSSR count). The standard InChI is InChI=1S/C14H12O2S.C7H5FO.C7H8OS/c1-17-13-8-6-12(7-9-13)16-14-5-3-2-4-11(14)10-15;8-7-4-2-1-3-6(7)5-9;1-9-7-4-2-6(8)3-5-7/h2-10H,1H3;1-5H;2-5,8H,1H3. The molecule has 0 spiro atoms. The molecule has 0 saturated carbocycles. The first-order valence-corrected chi connectivity index (χ1v) is 12.8. The monoisotopic (exact) mass is 508 g/mol. The van der Waals surface area contributed by atoms with Gasteiger partial charge in [0.15, 0.2) is 12.6 Å². The van der Waals surface area contributed by atoms with Gasteiger partial charge in [0.25, 0.3) is 0 Å². The van der Waals surface area contributed by atoms with Crippen LogP contribution < -0.4 is 4.74 Å². The molecule has 0 bridgehead atoms. The van der Waals surface area contributed by atoms with E-state index in [0.29, 0.717) is 23.3 Å². The van der Waals surface area contributed by atoms with Crippen molar-refractivity contribution >= 4 is 36.1 Å². The van der Waals surface area contributed by atoms with Gasteiger partial charge in [-0.1, -0.05) is 24.3 Å². The summed E-state index contributed by atoms with van der Waals surface area (Å²) >= 11 is 3.35. The highest BCUT2D eigenvalue weighted by Gasteiger charge is 2.03. The van der Waals surface area contributed by atoms with Crippen molar-refractivity contribution < 1.29 is 23.8 Å². The van der Waals surface area contributed by atoms with E-state index in [2.05, 4.69) is 0 Å². The lowest BCUT2D eigenvalue weighted by Crippen LogP contribution is -1.89. The largest absolute Gasteiger partial charge is 0.508 e. The van der Waals surface area contributed by atoms with Crippen molar-refractivity contribution in [2.45, 2.75) is 9.79 Å². The zero-order valence-corrected chi connectivity index (χ0v) is 20.9. The number of benzene rings is 4. The molecular weight excluding hydrogens is 483 g/mol. The first-order chi connectivity index (χ1) is 17.0. The summed E-state index contributed by atoms with van der Waals surface area (Å²) in [5.41, 5.74) is 0.666. The lowest BCUT2D eigenvalue weighted by molar-refractivity contribution is 0.111. The predicted molar refractivity (Wildman–Crippen MR) is 142 cm³/mol. The number of aromatic hydroxyl groups is 1. The number of rotatable bonds is 6. The summed E-state index contributed by atoms with van der Waals surface area (Å²) in [7, 11) is 0. The van der Waals surface area contributed by atoms with E-state index in [1.807, 2.05) is 61.0 Å². The Bertz CT molecular complexity index is 1200. The van der Waals surface area contributed by atoms with Crippen molar-refractivity contribution in [2.75, 3.05) is 12.5 Å². The Morgan fingerprint density at radius 1 is 0.686 bits per heavy atom. The topological polar surface area (TPSA) is 63.6 Å². The Balaban J connectivity index is 0.000000203. The van der Waals surface area contributed by atoms with E-state index in [9.17, 15) is 14.0 Å². The van der Waals surface area contributed by atoms with Crippen molar-refractivity contribution in [3.05, 3.63) is 114 Å². The highest BCUT2D eigenvalue weighted by atomic mass is 32.2. The average molecular weight is 509 g/mol. The van der Waals surface area contributed by atoms with Gasteiger partial charge in [-0.05, 0) is 85.3 Å². The molecule has 0 aliphatic rings. The van der Waals surface area contributed by atoms with Crippen LogP contribution in [0.4, 0.5) is 4.39 Å². The van der Waals surface area contributed by atoms with E-state index in [-0.39, 0.29) is 5.56 Å². The van der Waals surface area contributed by atoms with Crippen LogP contribution in [0, 0.1) is 5.82 Å². The third kappa shape index (κ3) is 9.68. The van der Waals surface area contributed by atoms with Crippen LogP contribution in [0.15, 0.2) is 107 Å². The van der Waals surface area contributed by atoms with Crippen molar-refractivity contribution in [1.82, 2.24) is 0 Å². The molecule has 0 heterocycles. The van der Waals surface area contributed by atoms with Gasteiger partial charge in [0.1, 0.15) is 23.1 Å². The number of carbonyl (C=O) groups excluding carboxylic acids is 2. The summed E-state index contributed by atoms with van der Waals surface area (Å²) in [6, 6.07) is 27.9. The van der Waals surface area contributed by atoms with E-state index in [1.165, 1.54) is 21.9 Å². The maximum Gasteiger partial charge on any atom is 0.153 e. The van der Waals surface area contributed by atoms with Crippen LogP contribution in [0.5, 0.6) is 17.2 Å². The van der Waals surface area contributed by atoms with Crippen molar-refractivity contribution in [3.8, 4) is 17.2 Å². The summed E-state index contributed by atoms with van der Waals surface area (Å²) in [5.74, 6) is 1.18. The fraction of sp³-hybridized carbons (Fsp3) is 0.0714. The number of phenols is 1. The van der Waals surface area contributed by atoms with Crippen LogP contribution in [0.1, 0.15) is 20.7 Å². The normalized spacial score (nSPS) is 9.57. The average Bonchev–Trinajstić information content (AvgIpc) is 2.91. The van der Waals surface area contributed by atoms with Gasteiger partial charge in [0, 0.05) is 9.79 Å². The summed E-state index contributed by atoms with van der Waals surface area (Å²) in [5, 5.41) is 8.84. The van der Waals surface area contributed by atoms with Crippen LogP contribution in [0.3, 0.4) is 0 Å². The van der Waals surface area contributed by atoms with Gasteiger partial charge < -0.3 is 9.84 Å². The van der Waals surface area contributed by atoms with E-state index in [4.69, 9.17) is 9.84 Å². The molecule has 0 aromatic heterocycles. The molecule has 0 aliphatic heterocycles. The summed E-state index contributed by atoms with van der Waals surface area (Å²) in [6.07, 6.45) is 5.32. The Labute approximate surface area is 213 Å². The summed E-state index contributed by atoms with van der Waals surface area (Å²) in [4.78, 5) is 23.2. The molecule has 1 N–H and O–H groups in total. The Morgan fingerprint density at radius 2 is 1.17 bits per heavy atom. The Kier molecular flexibility index (Phi) is 12.2. The highest BCUT2D eigenvalue weighted by Crippen LogP contribution is 2.26. The fourth-order valence-corrected chi connectivity index (χ4v) is 3.41. The van der Waals surface area contributed by atoms with Crippen molar-refractivity contribution in [2.24, 2.45) is 0 Å². The number of hydrogen-bond acceptors (Lipinski definition) is 6. The first kappa shape index (κ1) is 27.7. The molecule has 0 radical (unpaired) electrons. The summed E-state index contributed by atoms with van der Waals surface area (Å²) < 4.78 is 18.0. The number of carbonyl (C=O) groups is 2. The zero-order valence-electron chi connectivity index (χ0n) is 19.3. The van der Waals surface area contributed by atoms with Crippen LogP contribution in [0.25, 0.3) is 0 Å². The second-order valence-electron chi connectivity index (χ2n) is 6.77.